The van der Waals surface area contributed by atoms with Crippen LogP contribution in [0.25, 0.3) is 21.3 Å². The van der Waals surface area contributed by atoms with E-state index in [1.165, 1.54) is 4.68 Å². The highest BCUT2D eigenvalue weighted by molar-refractivity contribution is 7.13. The van der Waals surface area contributed by atoms with E-state index in [0.29, 0.717) is 29.3 Å². The Balaban J connectivity index is 1.65. The van der Waals surface area contributed by atoms with Gasteiger partial charge in [0.25, 0.3) is 5.56 Å². The molecule has 0 unspecified atom stereocenters. The SMILES string of the molecule is O=c1c2ccccc2c(-c2cccs2)nn1CCOc1ccc(Cl)cc1. The van der Waals surface area contributed by atoms with Gasteiger partial charge in [-0.1, -0.05) is 35.9 Å². The summed E-state index contributed by atoms with van der Waals surface area (Å²) in [5.74, 6) is 0.710. The molecule has 0 amide bonds. The lowest BCUT2D eigenvalue weighted by Crippen LogP contribution is -2.26. The van der Waals surface area contributed by atoms with Crippen LogP contribution in [0.4, 0.5) is 0 Å². The van der Waals surface area contributed by atoms with Gasteiger partial charge in [0, 0.05) is 10.4 Å². The summed E-state index contributed by atoms with van der Waals surface area (Å²) in [6, 6.07) is 18.7. The number of hydrogen-bond donors (Lipinski definition) is 0. The molecule has 6 heteroatoms. The topological polar surface area (TPSA) is 44.1 Å². The van der Waals surface area contributed by atoms with Crippen LogP contribution in [0.15, 0.2) is 70.8 Å². The van der Waals surface area contributed by atoms with Crippen LogP contribution in [0, 0.1) is 0 Å². The van der Waals surface area contributed by atoms with E-state index >= 15 is 0 Å². The van der Waals surface area contributed by atoms with Crippen LogP contribution in [0.3, 0.4) is 0 Å². The summed E-state index contributed by atoms with van der Waals surface area (Å²) in [6.07, 6.45) is 0. The lowest BCUT2D eigenvalue weighted by Gasteiger charge is -2.11. The van der Waals surface area contributed by atoms with Crippen molar-refractivity contribution in [1.29, 1.82) is 0 Å². The van der Waals surface area contributed by atoms with Crippen molar-refractivity contribution in [3.8, 4) is 16.3 Å². The van der Waals surface area contributed by atoms with Crippen LogP contribution in [-0.4, -0.2) is 16.4 Å². The first-order valence-electron chi connectivity index (χ1n) is 8.14. The highest BCUT2D eigenvalue weighted by Crippen LogP contribution is 2.28. The van der Waals surface area contributed by atoms with Crippen LogP contribution in [0.5, 0.6) is 5.75 Å². The third-order valence-corrected chi connectivity index (χ3v) is 5.14. The third kappa shape index (κ3) is 3.36. The van der Waals surface area contributed by atoms with Crippen LogP contribution in [0.2, 0.25) is 5.02 Å². The fraction of sp³-hybridized carbons (Fsp3) is 0.100. The quantitative estimate of drug-likeness (QED) is 0.495. The van der Waals surface area contributed by atoms with Gasteiger partial charge in [-0.2, -0.15) is 5.10 Å². The van der Waals surface area contributed by atoms with Crippen molar-refractivity contribution >= 4 is 33.7 Å². The molecule has 0 bridgehead atoms. The largest absolute Gasteiger partial charge is 0.492 e. The van der Waals surface area contributed by atoms with Crippen molar-refractivity contribution < 1.29 is 4.74 Å². The predicted octanol–water partition coefficient (Wildman–Crippen LogP) is 4.86. The minimum Gasteiger partial charge on any atom is -0.492 e. The molecule has 0 radical (unpaired) electrons. The maximum Gasteiger partial charge on any atom is 0.274 e. The summed E-state index contributed by atoms with van der Waals surface area (Å²) in [5, 5.41) is 8.80. The van der Waals surface area contributed by atoms with Gasteiger partial charge in [-0.25, -0.2) is 4.68 Å². The monoisotopic (exact) mass is 382 g/mol. The fourth-order valence-electron chi connectivity index (χ4n) is 2.76. The average molecular weight is 383 g/mol. The molecule has 0 aliphatic heterocycles. The highest BCUT2D eigenvalue weighted by atomic mass is 35.5. The predicted molar refractivity (Wildman–Crippen MR) is 106 cm³/mol. The van der Waals surface area contributed by atoms with Crippen molar-refractivity contribution in [1.82, 2.24) is 9.78 Å². The zero-order valence-electron chi connectivity index (χ0n) is 13.8. The first-order chi connectivity index (χ1) is 12.7. The summed E-state index contributed by atoms with van der Waals surface area (Å²) in [4.78, 5) is 13.8. The zero-order valence-corrected chi connectivity index (χ0v) is 15.3. The molecule has 26 heavy (non-hydrogen) atoms. The van der Waals surface area contributed by atoms with Gasteiger partial charge in [-0.15, -0.1) is 11.3 Å². The molecule has 4 rings (SSSR count). The molecular weight excluding hydrogens is 368 g/mol. The number of rotatable bonds is 5. The molecule has 2 heterocycles. The molecule has 0 fully saturated rings. The maximum absolute atomic E-state index is 12.8. The molecule has 0 saturated carbocycles. The van der Waals surface area contributed by atoms with Gasteiger partial charge < -0.3 is 4.74 Å². The Morgan fingerprint density at radius 1 is 1.00 bits per heavy atom. The van der Waals surface area contributed by atoms with E-state index in [0.717, 1.165) is 16.0 Å². The van der Waals surface area contributed by atoms with Crippen molar-refractivity contribution in [3.05, 3.63) is 81.4 Å². The van der Waals surface area contributed by atoms with E-state index in [1.54, 1.807) is 35.6 Å². The summed E-state index contributed by atoms with van der Waals surface area (Å²) in [6.45, 7) is 0.710. The molecule has 4 aromatic rings. The van der Waals surface area contributed by atoms with Gasteiger partial charge >= 0.3 is 0 Å². The zero-order chi connectivity index (χ0) is 17.9. The molecule has 2 aromatic carbocycles. The number of fused-ring (bicyclic) bond motifs is 1. The molecule has 0 saturated heterocycles. The van der Waals surface area contributed by atoms with E-state index < -0.39 is 0 Å². The average Bonchev–Trinajstić information content (AvgIpc) is 3.20. The molecule has 130 valence electrons. The first kappa shape index (κ1) is 16.8. The molecule has 0 aliphatic rings. The first-order valence-corrected chi connectivity index (χ1v) is 9.40. The normalized spacial score (nSPS) is 11.0. The number of aromatic nitrogens is 2. The third-order valence-electron chi connectivity index (χ3n) is 4.01. The van der Waals surface area contributed by atoms with Gasteiger partial charge in [-0.05, 0) is 41.8 Å². The molecule has 0 N–H and O–H groups in total. The summed E-state index contributed by atoms with van der Waals surface area (Å²) in [5.41, 5.74) is 0.710. The van der Waals surface area contributed by atoms with E-state index in [4.69, 9.17) is 16.3 Å². The van der Waals surface area contributed by atoms with Gasteiger partial charge in [0.05, 0.1) is 16.8 Å². The van der Waals surface area contributed by atoms with Crippen LogP contribution >= 0.6 is 22.9 Å². The number of benzene rings is 2. The van der Waals surface area contributed by atoms with Crippen LogP contribution < -0.4 is 10.3 Å². The number of halogens is 1. The van der Waals surface area contributed by atoms with Gasteiger partial charge in [-0.3, -0.25) is 4.79 Å². The van der Waals surface area contributed by atoms with Crippen LogP contribution in [0.1, 0.15) is 0 Å². The second-order valence-corrected chi connectivity index (χ2v) is 7.09. The second kappa shape index (κ2) is 7.32. The number of ether oxygens (including phenoxy) is 1. The Kier molecular flexibility index (Phi) is 4.73. The Bertz CT molecular complexity index is 1090. The summed E-state index contributed by atoms with van der Waals surface area (Å²) >= 11 is 7.48. The Hall–Kier alpha value is -2.63. The molecule has 2 aromatic heterocycles. The Labute approximate surface area is 159 Å². The lowest BCUT2D eigenvalue weighted by molar-refractivity contribution is 0.288. The maximum atomic E-state index is 12.8. The standard InChI is InChI=1S/C20H15ClN2O2S/c21-14-7-9-15(10-8-14)25-12-11-23-20(24)17-5-2-1-4-16(17)19(22-23)18-6-3-13-26-18/h1-10,13H,11-12H2. The van der Waals surface area contributed by atoms with E-state index in [1.807, 2.05) is 41.8 Å². The smallest absolute Gasteiger partial charge is 0.274 e. The number of nitrogens with zero attached hydrogens (tertiary/aromatic N) is 2. The van der Waals surface area contributed by atoms with Crippen molar-refractivity contribution in [2.45, 2.75) is 6.54 Å². The van der Waals surface area contributed by atoms with E-state index in [9.17, 15) is 4.79 Å². The minimum atomic E-state index is -0.111. The molecule has 0 spiro atoms. The van der Waals surface area contributed by atoms with Crippen molar-refractivity contribution in [3.63, 3.8) is 0 Å². The Morgan fingerprint density at radius 2 is 1.77 bits per heavy atom. The number of thiophene rings is 1. The van der Waals surface area contributed by atoms with E-state index in [-0.39, 0.29) is 5.56 Å². The molecule has 0 atom stereocenters. The molecule has 4 nitrogen and oxygen atoms in total. The summed E-state index contributed by atoms with van der Waals surface area (Å²) in [7, 11) is 0. The van der Waals surface area contributed by atoms with Crippen molar-refractivity contribution in [2.75, 3.05) is 6.61 Å². The van der Waals surface area contributed by atoms with Gasteiger partial charge in [0.15, 0.2) is 0 Å². The summed E-state index contributed by atoms with van der Waals surface area (Å²) < 4.78 is 7.19. The molecule has 0 aliphatic carbocycles. The van der Waals surface area contributed by atoms with Crippen LogP contribution in [-0.2, 0) is 6.54 Å². The van der Waals surface area contributed by atoms with Gasteiger partial charge in [0.2, 0.25) is 0 Å². The molecular formula is C20H15ClN2O2S. The lowest BCUT2D eigenvalue weighted by atomic mass is 10.1. The Morgan fingerprint density at radius 3 is 2.50 bits per heavy atom. The second-order valence-electron chi connectivity index (χ2n) is 5.70. The fourth-order valence-corrected chi connectivity index (χ4v) is 3.61. The van der Waals surface area contributed by atoms with Gasteiger partial charge in [0.1, 0.15) is 18.1 Å². The minimum absolute atomic E-state index is 0.111. The van der Waals surface area contributed by atoms with Crippen molar-refractivity contribution in [2.24, 2.45) is 0 Å². The van der Waals surface area contributed by atoms with E-state index in [2.05, 4.69) is 5.10 Å². The highest BCUT2D eigenvalue weighted by Gasteiger charge is 2.12. The number of hydrogen-bond acceptors (Lipinski definition) is 4.